The number of aromatic amines is 1. The zero-order chi connectivity index (χ0) is 28.0. The van der Waals surface area contributed by atoms with Crippen LogP contribution in [0.3, 0.4) is 0 Å². The summed E-state index contributed by atoms with van der Waals surface area (Å²) in [6.45, 7) is 5.75. The van der Waals surface area contributed by atoms with E-state index in [0.717, 1.165) is 64.8 Å². The summed E-state index contributed by atoms with van der Waals surface area (Å²) in [7, 11) is 3.68. The second-order valence-electron chi connectivity index (χ2n) is 11.7. The van der Waals surface area contributed by atoms with Gasteiger partial charge in [-0.1, -0.05) is 6.07 Å². The molecule has 2 aliphatic heterocycles. The van der Waals surface area contributed by atoms with Crippen LogP contribution in [-0.2, 0) is 4.74 Å². The van der Waals surface area contributed by atoms with Crippen LogP contribution in [0.15, 0.2) is 48.8 Å². The van der Waals surface area contributed by atoms with E-state index in [-0.39, 0.29) is 24.2 Å². The summed E-state index contributed by atoms with van der Waals surface area (Å²) in [5, 5.41) is 17.7. The van der Waals surface area contributed by atoms with Crippen molar-refractivity contribution < 1.29 is 14.3 Å². The van der Waals surface area contributed by atoms with Crippen LogP contribution in [0.2, 0.25) is 0 Å². The Morgan fingerprint density at radius 1 is 1.05 bits per heavy atom. The van der Waals surface area contributed by atoms with E-state index in [4.69, 9.17) is 9.47 Å². The van der Waals surface area contributed by atoms with Gasteiger partial charge in [0, 0.05) is 48.4 Å². The van der Waals surface area contributed by atoms with E-state index in [1.54, 1.807) is 13.3 Å². The summed E-state index contributed by atoms with van der Waals surface area (Å²) in [4.78, 5) is 21.3. The number of ether oxygens (including phenoxy) is 2. The Bertz CT molecular complexity index is 1510. The first-order valence-electron chi connectivity index (χ1n) is 13.8. The maximum atomic E-state index is 12.8. The van der Waals surface area contributed by atoms with E-state index >= 15 is 0 Å². The first kappa shape index (κ1) is 26.0. The summed E-state index contributed by atoms with van der Waals surface area (Å²) in [5.74, 6) is 1.38. The smallest absolute Gasteiger partial charge is 0.410 e. The molecule has 2 bridgehead atoms. The lowest BCUT2D eigenvalue weighted by molar-refractivity contribution is 0.00597. The number of nitrogens with one attached hydrogen (secondary N) is 1. The number of pyridine rings is 1. The molecule has 1 N–H and O–H groups in total. The molecule has 10 heteroatoms. The molecule has 3 aromatic heterocycles. The van der Waals surface area contributed by atoms with Crippen molar-refractivity contribution in [1.29, 1.82) is 0 Å². The van der Waals surface area contributed by atoms with Crippen LogP contribution in [-0.4, -0.2) is 74.3 Å². The molecule has 0 radical (unpaired) electrons. The molecule has 2 unspecified atom stereocenters. The van der Waals surface area contributed by atoms with Gasteiger partial charge in [-0.05, 0) is 81.8 Å². The molecule has 0 aliphatic carbocycles. The van der Waals surface area contributed by atoms with Gasteiger partial charge in [0.15, 0.2) is 5.82 Å². The predicted octanol–water partition coefficient (Wildman–Crippen LogP) is 5.46. The van der Waals surface area contributed by atoms with Crippen molar-refractivity contribution in [2.24, 2.45) is 0 Å². The Morgan fingerprint density at radius 2 is 1.80 bits per heavy atom. The van der Waals surface area contributed by atoms with E-state index in [2.05, 4.69) is 43.4 Å². The molecule has 6 rings (SSSR count). The lowest BCUT2D eigenvalue weighted by Crippen LogP contribution is -2.53. The fourth-order valence-electron chi connectivity index (χ4n) is 6.11. The van der Waals surface area contributed by atoms with Gasteiger partial charge >= 0.3 is 6.09 Å². The number of benzene rings is 1. The quantitative estimate of drug-likeness (QED) is 0.355. The number of hydrogen-bond acceptors (Lipinski definition) is 8. The van der Waals surface area contributed by atoms with Gasteiger partial charge in [-0.25, -0.2) is 9.78 Å². The minimum Gasteiger partial charge on any atom is -0.481 e. The number of piperidine rings is 1. The summed E-state index contributed by atoms with van der Waals surface area (Å²) < 4.78 is 11.0. The van der Waals surface area contributed by atoms with Crippen LogP contribution in [0.4, 0.5) is 10.6 Å². The van der Waals surface area contributed by atoms with Crippen molar-refractivity contribution in [2.75, 3.05) is 19.1 Å². The SMILES string of the molecule is COc1cc(-c2ccc(-c3ccc(N(C)C4CC5CC[C@@H](C4)N5C(=O)OC(C)(C)C)nn3)c3[nH]ncc23)ccn1. The van der Waals surface area contributed by atoms with Crippen molar-refractivity contribution in [3.05, 3.63) is 48.8 Å². The third kappa shape index (κ3) is 4.82. The minimum atomic E-state index is -0.490. The molecule has 1 amide bonds. The molecule has 1 aromatic carbocycles. The van der Waals surface area contributed by atoms with Gasteiger partial charge in [0.25, 0.3) is 0 Å². The fraction of sp³-hybridized carbons (Fsp3) is 0.433. The van der Waals surface area contributed by atoms with Crippen LogP contribution >= 0.6 is 0 Å². The van der Waals surface area contributed by atoms with E-state index in [9.17, 15) is 4.79 Å². The van der Waals surface area contributed by atoms with Crippen molar-refractivity contribution in [3.8, 4) is 28.3 Å². The molecule has 2 fully saturated rings. The predicted molar refractivity (Wildman–Crippen MR) is 153 cm³/mol. The zero-order valence-electron chi connectivity index (χ0n) is 23.6. The number of H-pyrrole nitrogens is 1. The van der Waals surface area contributed by atoms with Crippen molar-refractivity contribution in [2.45, 2.75) is 70.2 Å². The Hall–Kier alpha value is -4.21. The van der Waals surface area contributed by atoms with Gasteiger partial charge in [-0.15, -0.1) is 10.2 Å². The third-order valence-corrected chi connectivity index (χ3v) is 8.02. The number of anilines is 1. The topological polar surface area (TPSA) is 109 Å². The standard InChI is InChI=1S/C30H35N7O3/c1-30(2,3)40-29(38)37-19-6-7-20(37)16-21(15-19)36(4)26-11-10-25(33-34-26)23-9-8-22(24-17-32-35-28(23)24)18-12-13-31-27(14-18)39-5/h8-14,17,19-21H,6-7,15-16H2,1-5H3,(H,32,35)/t19-,20?,21?/m0/s1. The van der Waals surface area contributed by atoms with Crippen LogP contribution in [0.1, 0.15) is 46.5 Å². The maximum Gasteiger partial charge on any atom is 0.410 e. The summed E-state index contributed by atoms with van der Waals surface area (Å²) in [5.41, 5.74) is 4.14. The lowest BCUT2D eigenvalue weighted by Gasteiger charge is -2.42. The highest BCUT2D eigenvalue weighted by atomic mass is 16.6. The lowest BCUT2D eigenvalue weighted by atomic mass is 9.96. The summed E-state index contributed by atoms with van der Waals surface area (Å²) >= 11 is 0. The number of carbonyl (C=O) groups is 1. The van der Waals surface area contributed by atoms with Gasteiger partial charge in [-0.3, -0.25) is 5.10 Å². The third-order valence-electron chi connectivity index (χ3n) is 8.02. The van der Waals surface area contributed by atoms with Crippen molar-refractivity contribution in [1.82, 2.24) is 30.3 Å². The zero-order valence-corrected chi connectivity index (χ0v) is 23.6. The van der Waals surface area contributed by atoms with Crippen molar-refractivity contribution in [3.63, 3.8) is 0 Å². The molecule has 4 aromatic rings. The second kappa shape index (κ2) is 10.1. The highest BCUT2D eigenvalue weighted by molar-refractivity contribution is 6.02. The summed E-state index contributed by atoms with van der Waals surface area (Å²) in [6.07, 6.45) is 7.19. The van der Waals surface area contributed by atoms with Crippen LogP contribution < -0.4 is 9.64 Å². The molecule has 2 aliphatic rings. The van der Waals surface area contributed by atoms with Crippen LogP contribution in [0.25, 0.3) is 33.3 Å². The highest BCUT2D eigenvalue weighted by Crippen LogP contribution is 2.39. The van der Waals surface area contributed by atoms with Crippen molar-refractivity contribution >= 4 is 22.8 Å². The van der Waals surface area contributed by atoms with Crippen LogP contribution in [0, 0.1) is 0 Å². The molecule has 40 heavy (non-hydrogen) atoms. The van der Waals surface area contributed by atoms with Gasteiger partial charge in [0.1, 0.15) is 5.60 Å². The fourth-order valence-corrected chi connectivity index (χ4v) is 6.11. The van der Waals surface area contributed by atoms with Crippen LogP contribution in [0.5, 0.6) is 5.88 Å². The first-order chi connectivity index (χ1) is 19.2. The number of carbonyl (C=O) groups excluding carboxylic acids is 1. The summed E-state index contributed by atoms with van der Waals surface area (Å²) in [6, 6.07) is 12.7. The van der Waals surface area contributed by atoms with Gasteiger partial charge in [0.2, 0.25) is 5.88 Å². The largest absolute Gasteiger partial charge is 0.481 e. The normalized spacial score (nSPS) is 20.5. The molecular weight excluding hydrogens is 506 g/mol. The maximum absolute atomic E-state index is 12.8. The van der Waals surface area contributed by atoms with Gasteiger partial charge in [-0.2, -0.15) is 5.10 Å². The number of methoxy groups -OCH3 is 1. The second-order valence-corrected chi connectivity index (χ2v) is 11.7. The van der Waals surface area contributed by atoms with E-state index in [1.165, 1.54) is 0 Å². The minimum absolute atomic E-state index is 0.190. The Kier molecular flexibility index (Phi) is 6.56. The molecule has 208 valence electrons. The van der Waals surface area contributed by atoms with E-state index in [1.807, 2.05) is 62.2 Å². The van der Waals surface area contributed by atoms with E-state index in [0.29, 0.717) is 5.88 Å². The average molecular weight is 542 g/mol. The highest BCUT2D eigenvalue weighted by Gasteiger charge is 2.46. The number of fused-ring (bicyclic) bond motifs is 3. The molecule has 3 atom stereocenters. The number of amides is 1. The molecule has 0 saturated carbocycles. The molecular formula is C30H35N7O3. The Morgan fingerprint density at radius 3 is 2.48 bits per heavy atom. The molecule has 5 heterocycles. The Balaban J connectivity index is 1.20. The molecule has 10 nitrogen and oxygen atoms in total. The number of hydrogen-bond donors (Lipinski definition) is 1. The molecule has 0 spiro atoms. The van der Waals surface area contributed by atoms with Gasteiger partial charge in [0.05, 0.1) is 24.5 Å². The molecule has 2 saturated heterocycles. The average Bonchev–Trinajstić information content (AvgIpc) is 3.54. The monoisotopic (exact) mass is 541 g/mol. The van der Waals surface area contributed by atoms with E-state index < -0.39 is 5.60 Å². The number of nitrogens with zero attached hydrogens (tertiary/aromatic N) is 6. The number of aromatic nitrogens is 5. The number of rotatable bonds is 5. The Labute approximate surface area is 233 Å². The first-order valence-corrected chi connectivity index (χ1v) is 13.8. The van der Waals surface area contributed by atoms with Gasteiger partial charge < -0.3 is 19.3 Å².